The molecule has 0 aliphatic carbocycles. The summed E-state index contributed by atoms with van der Waals surface area (Å²) in [6.07, 6.45) is 0. The van der Waals surface area contributed by atoms with E-state index in [0.29, 0.717) is 0 Å². The van der Waals surface area contributed by atoms with E-state index in [0.717, 1.165) is 0 Å². The molecule has 0 heterocycles. The molecule has 4 heavy (non-hydrogen) atoms. The van der Waals surface area contributed by atoms with Gasteiger partial charge in [0.25, 0.3) is 0 Å². The van der Waals surface area contributed by atoms with Gasteiger partial charge in [0.05, 0.1) is 0 Å². The van der Waals surface area contributed by atoms with E-state index in [9.17, 15) is 0 Å². The van der Waals surface area contributed by atoms with E-state index < -0.39 is 0 Å². The van der Waals surface area contributed by atoms with Gasteiger partial charge in [-0.3, -0.25) is 0 Å². The summed E-state index contributed by atoms with van der Waals surface area (Å²) in [5.41, 5.74) is 0. The fourth-order valence-corrected chi connectivity index (χ4v) is 0. The first-order chi connectivity index (χ1) is 0. The van der Waals surface area contributed by atoms with E-state index in [4.69, 9.17) is 0 Å². The van der Waals surface area contributed by atoms with Gasteiger partial charge >= 0.3 is 0 Å². The molecule has 0 fully saturated rings. The summed E-state index contributed by atoms with van der Waals surface area (Å²) in [7, 11) is 0. The Hall–Kier alpha value is 4.00. The first-order valence-electron chi connectivity index (χ1n) is 0. The molecule has 0 bridgehead atoms. The van der Waals surface area contributed by atoms with Crippen LogP contribution in [0.15, 0.2) is 0 Å². The van der Waals surface area contributed by atoms with Gasteiger partial charge in [-0.1, -0.05) is 0 Å². The van der Waals surface area contributed by atoms with Crippen molar-refractivity contribution >= 4 is 124 Å². The maximum Gasteiger partial charge on any atom is 0 e. The second-order valence-corrected chi connectivity index (χ2v) is 0. The van der Waals surface area contributed by atoms with Gasteiger partial charge in [0.1, 0.15) is 0 Å². The number of hydrogen-bond acceptors (Lipinski definition) is 0. The van der Waals surface area contributed by atoms with Gasteiger partial charge < -0.3 is 0 Å². The zero-order valence-corrected chi connectivity index (χ0v) is 10.2. The van der Waals surface area contributed by atoms with Gasteiger partial charge in [-0.15, -0.1) is 0 Å². The largest absolute Gasteiger partial charge is 0 e. The minimum Gasteiger partial charge on any atom is 0 e. The third kappa shape index (κ3) is 9.37. The fourth-order valence-electron chi connectivity index (χ4n) is 0. The van der Waals surface area contributed by atoms with Crippen LogP contribution in [0.3, 0.4) is 0 Å². The molecule has 0 aromatic heterocycles. The molecule has 0 amide bonds. The summed E-state index contributed by atoms with van der Waals surface area (Å²) in [5, 5.41) is 0. The normalized spacial score (nSPS) is 0. The molecule has 10 radical (unpaired) electrons. The third-order valence-corrected chi connectivity index (χ3v) is 0. The average Bonchev–Trinajstić information content (AvgIpc) is 0. The maximum absolute atomic E-state index is 0. The van der Waals surface area contributed by atoms with Crippen LogP contribution in [-0.4, -0.2) is 124 Å². The van der Waals surface area contributed by atoms with Crippen LogP contribution in [0, 0.1) is 0 Å². The average molecular weight is 148 g/mol. The summed E-state index contributed by atoms with van der Waals surface area (Å²) >= 11 is 0. The van der Waals surface area contributed by atoms with Crippen molar-refractivity contribution < 1.29 is 0 Å². The monoisotopic (exact) mass is 148 g/mol. The fraction of sp³-hybridized carbons (Fsp3) is 0. The topological polar surface area (TPSA) is 0 Å². The zero-order chi connectivity index (χ0) is 0. The van der Waals surface area contributed by atoms with Crippen LogP contribution in [-0.2, 0) is 0 Å². The molecule has 0 N–H and O–H groups in total. The van der Waals surface area contributed by atoms with Gasteiger partial charge in [0, 0.05) is 124 Å². The van der Waals surface area contributed by atoms with Gasteiger partial charge in [-0.2, -0.15) is 0 Å². The first kappa shape index (κ1) is 24.5. The predicted molar refractivity (Wildman–Crippen MR) is 23.0 cm³/mol. The quantitative estimate of drug-likeness (QED) is 0.366. The molecule has 0 aromatic carbocycles. The molecule has 0 aromatic rings. The summed E-state index contributed by atoms with van der Waals surface area (Å²) < 4.78 is 0. The Balaban J connectivity index is 0. The molecule has 0 nitrogen and oxygen atoms in total. The third-order valence-electron chi connectivity index (χ3n) is 0. The summed E-state index contributed by atoms with van der Waals surface area (Å²) in [4.78, 5) is 0. The Bertz CT molecular complexity index is 3.25. The van der Waals surface area contributed by atoms with E-state index in [1.807, 2.05) is 0 Å². The molecule has 0 saturated carbocycles. The van der Waals surface area contributed by atoms with Crippen molar-refractivity contribution in [3.8, 4) is 0 Å². The van der Waals surface area contributed by atoms with E-state index in [-0.39, 0.29) is 124 Å². The number of hydrogen-bond donors (Lipinski definition) is 0. The first-order valence-corrected chi connectivity index (χ1v) is 0. The smallest absolute Gasteiger partial charge is 0 e. The van der Waals surface area contributed by atoms with Crippen LogP contribution in [0.4, 0.5) is 0 Å². The van der Waals surface area contributed by atoms with Crippen LogP contribution >= 0.6 is 0 Å². The molecule has 4 heteroatoms. The number of rotatable bonds is 0. The Morgan fingerprint density at radius 3 is 0.500 bits per heavy atom. The van der Waals surface area contributed by atoms with Crippen molar-refractivity contribution in [2.24, 2.45) is 0 Å². The van der Waals surface area contributed by atoms with Crippen molar-refractivity contribution in [3.05, 3.63) is 0 Å². The SMILES string of the molecule is [Ca].[Ca].[Ca].[Si]. The summed E-state index contributed by atoms with van der Waals surface area (Å²) in [5.74, 6) is 0. The van der Waals surface area contributed by atoms with E-state index in [1.54, 1.807) is 0 Å². The second-order valence-electron chi connectivity index (χ2n) is 0. The molecule has 0 spiro atoms. The molecular weight excluding hydrogens is 148 g/mol. The van der Waals surface area contributed by atoms with Crippen LogP contribution < -0.4 is 0 Å². The van der Waals surface area contributed by atoms with E-state index >= 15 is 0 Å². The molecule has 0 atom stereocenters. The van der Waals surface area contributed by atoms with Crippen molar-refractivity contribution in [2.75, 3.05) is 0 Å². The van der Waals surface area contributed by atoms with Crippen LogP contribution in [0.25, 0.3) is 0 Å². The summed E-state index contributed by atoms with van der Waals surface area (Å²) in [6.45, 7) is 0. The molecule has 10 valence electrons. The minimum absolute atomic E-state index is 0. The maximum atomic E-state index is 0. The van der Waals surface area contributed by atoms with E-state index in [1.165, 1.54) is 0 Å². The Kier molecular flexibility index (Phi) is 96.5. The van der Waals surface area contributed by atoms with Crippen LogP contribution in [0.5, 0.6) is 0 Å². The second kappa shape index (κ2) is 15.8. The van der Waals surface area contributed by atoms with Gasteiger partial charge in [-0.05, 0) is 0 Å². The van der Waals surface area contributed by atoms with Crippen LogP contribution in [0.1, 0.15) is 0 Å². The Morgan fingerprint density at radius 2 is 0.500 bits per heavy atom. The van der Waals surface area contributed by atoms with Crippen molar-refractivity contribution in [3.63, 3.8) is 0 Å². The van der Waals surface area contributed by atoms with Crippen LogP contribution in [0.2, 0.25) is 0 Å². The van der Waals surface area contributed by atoms with Gasteiger partial charge in [-0.25, -0.2) is 0 Å². The Morgan fingerprint density at radius 1 is 0.500 bits per heavy atom. The van der Waals surface area contributed by atoms with Crippen molar-refractivity contribution in [1.82, 2.24) is 0 Å². The standard InChI is InChI=1S/3Ca.Si. The predicted octanol–water partition coefficient (Wildman–Crippen LogP) is -1.52. The summed E-state index contributed by atoms with van der Waals surface area (Å²) in [6, 6.07) is 0. The molecule has 0 aliphatic heterocycles. The molecule has 0 rings (SSSR count). The van der Waals surface area contributed by atoms with Gasteiger partial charge in [0.2, 0.25) is 0 Å². The van der Waals surface area contributed by atoms with E-state index in [2.05, 4.69) is 0 Å². The zero-order valence-electron chi connectivity index (χ0n) is 2.62. The minimum atomic E-state index is 0. The molecule has 0 unspecified atom stereocenters. The van der Waals surface area contributed by atoms with Crippen molar-refractivity contribution in [1.29, 1.82) is 0 Å². The molecular formula is Ca3Si. The Labute approximate surface area is 120 Å². The molecule has 0 aliphatic rings. The van der Waals surface area contributed by atoms with Gasteiger partial charge in [0.15, 0.2) is 0 Å². The van der Waals surface area contributed by atoms with Crippen molar-refractivity contribution in [2.45, 2.75) is 0 Å². The molecule has 0 saturated heterocycles.